The molecule has 0 spiro atoms. The van der Waals surface area contributed by atoms with Crippen molar-refractivity contribution in [2.75, 3.05) is 0 Å². The molecule has 11 nitrogen and oxygen atoms in total. The van der Waals surface area contributed by atoms with Crippen molar-refractivity contribution in [1.29, 1.82) is 0 Å². The Morgan fingerprint density at radius 2 is 1.42 bits per heavy atom. The molecule has 2 rings (SSSR count). The first-order chi connectivity index (χ1) is 20.9. The zero-order valence-corrected chi connectivity index (χ0v) is 27.0. The van der Waals surface area contributed by atoms with Crippen LogP contribution in [0, 0.1) is 12.5 Å². The number of rotatable bonds is 12. The van der Waals surface area contributed by atoms with Crippen molar-refractivity contribution >= 4 is 29.8 Å². The number of hydrogen-bond acceptors (Lipinski definition) is 7. The lowest BCUT2D eigenvalue weighted by Crippen LogP contribution is -2.54. The Labute approximate surface area is 265 Å². The van der Waals surface area contributed by atoms with Crippen molar-refractivity contribution in [3.63, 3.8) is 0 Å². The largest absolute Gasteiger partial charge is 0.458 e. The van der Waals surface area contributed by atoms with Gasteiger partial charge in [0.15, 0.2) is 0 Å². The minimum atomic E-state index is -1.55. The second-order valence-electron chi connectivity index (χ2n) is 12.5. The van der Waals surface area contributed by atoms with Gasteiger partial charge in [0, 0.05) is 12.5 Å². The molecule has 4 amide bonds. The lowest BCUT2D eigenvalue weighted by molar-refractivity contribution is -0.159. The van der Waals surface area contributed by atoms with Crippen LogP contribution >= 0.6 is 0 Å². The number of nitrogens with one attached hydrogen (secondary N) is 2. The number of aryl methyl sites for hydroxylation is 1. The molecular weight excluding hydrogens is 576 g/mol. The fourth-order valence-electron chi connectivity index (χ4n) is 4.30. The molecule has 4 N–H and O–H groups in total. The Hall–Kier alpha value is -4.85. The minimum absolute atomic E-state index is 0.0947. The van der Waals surface area contributed by atoms with Crippen molar-refractivity contribution in [1.82, 2.24) is 15.5 Å². The van der Waals surface area contributed by atoms with E-state index in [1.165, 1.54) is 0 Å². The molecular formula is C34H44N4O7. The van der Waals surface area contributed by atoms with Crippen LogP contribution in [0.1, 0.15) is 77.6 Å². The summed E-state index contributed by atoms with van der Waals surface area (Å²) in [6.45, 7) is 12.0. The topological polar surface area (TPSA) is 157 Å². The van der Waals surface area contributed by atoms with Gasteiger partial charge in [0.25, 0.3) is 5.91 Å². The molecule has 45 heavy (non-hydrogen) atoms. The fourth-order valence-corrected chi connectivity index (χ4v) is 4.30. The Balaban J connectivity index is 2.56. The van der Waals surface area contributed by atoms with Crippen molar-refractivity contribution in [3.05, 3.63) is 71.3 Å². The standard InChI is InChI=1S/C34H44N4O7/c1-9-22-16-18-24(19-17-22)28(38(10-2)30(41)25(21-27(35)39)37-32(43)45-34(6,7)8)29(40)36-26(31(42)44-33(3,4)5)20-23-14-12-11-13-15-23/h2,11-19,25-26,28H,9,20-21H2,1,3-8H3,(H2,35,39)(H,36,40)(H,37,43). The minimum Gasteiger partial charge on any atom is -0.458 e. The number of primary amides is 1. The monoisotopic (exact) mass is 620 g/mol. The van der Waals surface area contributed by atoms with Crippen molar-refractivity contribution in [2.24, 2.45) is 5.73 Å². The number of esters is 1. The highest BCUT2D eigenvalue weighted by Crippen LogP contribution is 2.24. The Kier molecular flexibility index (Phi) is 12.7. The number of nitrogens with zero attached hydrogens (tertiary/aromatic N) is 1. The summed E-state index contributed by atoms with van der Waals surface area (Å²) in [6, 6.07) is 14.0. The Bertz CT molecular complexity index is 1390. The van der Waals surface area contributed by atoms with Gasteiger partial charge in [-0.15, -0.1) is 0 Å². The van der Waals surface area contributed by atoms with Gasteiger partial charge in [-0.1, -0.05) is 67.9 Å². The van der Waals surface area contributed by atoms with E-state index in [4.69, 9.17) is 21.6 Å². The van der Waals surface area contributed by atoms with E-state index in [1.807, 2.05) is 13.0 Å². The van der Waals surface area contributed by atoms with E-state index >= 15 is 0 Å². The summed E-state index contributed by atoms with van der Waals surface area (Å²) in [5, 5.41) is 5.08. The molecule has 0 fully saturated rings. The van der Waals surface area contributed by atoms with E-state index in [1.54, 1.807) is 90.1 Å². The summed E-state index contributed by atoms with van der Waals surface area (Å²) in [7, 11) is 0. The number of carbonyl (C=O) groups is 5. The fraction of sp³-hybridized carbons (Fsp3) is 0.441. The van der Waals surface area contributed by atoms with Gasteiger partial charge in [0.1, 0.15) is 29.3 Å². The van der Waals surface area contributed by atoms with Gasteiger partial charge < -0.3 is 25.8 Å². The summed E-state index contributed by atoms with van der Waals surface area (Å²) in [5.74, 6) is -3.33. The van der Waals surface area contributed by atoms with Gasteiger partial charge in [-0.25, -0.2) is 9.59 Å². The maximum atomic E-state index is 14.1. The summed E-state index contributed by atoms with van der Waals surface area (Å²) in [4.78, 5) is 66.6. The van der Waals surface area contributed by atoms with Gasteiger partial charge in [0.05, 0.1) is 6.42 Å². The molecule has 0 aliphatic heterocycles. The maximum Gasteiger partial charge on any atom is 0.408 e. The highest BCUT2D eigenvalue weighted by molar-refractivity contribution is 5.96. The molecule has 0 aliphatic carbocycles. The van der Waals surface area contributed by atoms with Crippen LogP contribution < -0.4 is 16.4 Å². The number of nitrogens with two attached hydrogens (primary N) is 1. The Morgan fingerprint density at radius 1 is 0.844 bits per heavy atom. The molecule has 0 saturated carbocycles. The lowest BCUT2D eigenvalue weighted by atomic mass is 9.99. The third-order valence-electron chi connectivity index (χ3n) is 6.27. The van der Waals surface area contributed by atoms with E-state index in [9.17, 15) is 24.0 Å². The second kappa shape index (κ2) is 15.7. The molecule has 2 aromatic carbocycles. The normalized spacial score (nSPS) is 13.3. The zero-order valence-electron chi connectivity index (χ0n) is 27.0. The van der Waals surface area contributed by atoms with Gasteiger partial charge >= 0.3 is 12.1 Å². The average Bonchev–Trinajstić information content (AvgIpc) is 2.93. The first-order valence-electron chi connectivity index (χ1n) is 14.7. The lowest BCUT2D eigenvalue weighted by Gasteiger charge is -2.31. The van der Waals surface area contributed by atoms with Crippen LogP contribution in [0.2, 0.25) is 0 Å². The predicted octanol–water partition coefficient (Wildman–Crippen LogP) is 3.55. The van der Waals surface area contributed by atoms with E-state index in [0.717, 1.165) is 16.0 Å². The van der Waals surface area contributed by atoms with E-state index < -0.39 is 65.5 Å². The smallest absolute Gasteiger partial charge is 0.408 e. The number of alkyl carbamates (subject to hydrolysis) is 1. The number of terminal acetylenes is 1. The molecule has 0 aliphatic rings. The molecule has 11 heteroatoms. The molecule has 0 heterocycles. The summed E-state index contributed by atoms with van der Waals surface area (Å²) in [5.41, 5.74) is 5.69. The molecule has 242 valence electrons. The molecule has 3 unspecified atom stereocenters. The average molecular weight is 621 g/mol. The maximum absolute atomic E-state index is 14.1. The van der Waals surface area contributed by atoms with Crippen LogP contribution in [0.5, 0.6) is 0 Å². The van der Waals surface area contributed by atoms with Crippen LogP contribution in [-0.2, 0) is 41.5 Å². The van der Waals surface area contributed by atoms with Crippen LogP contribution in [0.3, 0.4) is 0 Å². The van der Waals surface area contributed by atoms with Crippen LogP contribution in [0.4, 0.5) is 4.79 Å². The first-order valence-corrected chi connectivity index (χ1v) is 14.7. The number of ether oxygens (including phenoxy) is 2. The highest BCUT2D eigenvalue weighted by atomic mass is 16.6. The van der Waals surface area contributed by atoms with E-state index in [2.05, 4.69) is 16.7 Å². The summed E-state index contributed by atoms with van der Waals surface area (Å²) < 4.78 is 10.9. The zero-order chi connectivity index (χ0) is 33.9. The molecule has 2 aromatic rings. The van der Waals surface area contributed by atoms with Crippen LogP contribution in [0.15, 0.2) is 54.6 Å². The molecule has 0 radical (unpaired) electrons. The second-order valence-corrected chi connectivity index (χ2v) is 12.5. The van der Waals surface area contributed by atoms with Gasteiger partial charge in [0.2, 0.25) is 11.8 Å². The summed E-state index contributed by atoms with van der Waals surface area (Å²) in [6.07, 6.45) is 5.03. The van der Waals surface area contributed by atoms with Crippen molar-refractivity contribution < 1.29 is 33.4 Å². The van der Waals surface area contributed by atoms with Gasteiger partial charge in [-0.05, 0) is 64.7 Å². The van der Waals surface area contributed by atoms with Crippen LogP contribution in [0.25, 0.3) is 0 Å². The SMILES string of the molecule is C#CN(C(=O)C(CC(N)=O)NC(=O)OC(C)(C)C)C(C(=O)NC(Cc1ccccc1)C(=O)OC(C)(C)C)c1ccc(CC)cc1. The number of carbonyl (C=O) groups excluding carboxylic acids is 5. The molecule has 0 aromatic heterocycles. The Morgan fingerprint density at radius 3 is 1.91 bits per heavy atom. The number of hydrogen-bond donors (Lipinski definition) is 3. The third-order valence-corrected chi connectivity index (χ3v) is 6.27. The van der Waals surface area contributed by atoms with Gasteiger partial charge in [-0.3, -0.25) is 19.3 Å². The third kappa shape index (κ3) is 12.0. The van der Waals surface area contributed by atoms with E-state index in [0.29, 0.717) is 12.0 Å². The van der Waals surface area contributed by atoms with Crippen molar-refractivity contribution in [3.8, 4) is 12.5 Å². The first kappa shape index (κ1) is 36.3. The van der Waals surface area contributed by atoms with Crippen LogP contribution in [-0.4, -0.2) is 58.0 Å². The predicted molar refractivity (Wildman–Crippen MR) is 169 cm³/mol. The molecule has 3 atom stereocenters. The number of benzene rings is 2. The quantitative estimate of drug-likeness (QED) is 0.186. The van der Waals surface area contributed by atoms with Crippen molar-refractivity contribution in [2.45, 2.75) is 97.1 Å². The summed E-state index contributed by atoms with van der Waals surface area (Å²) >= 11 is 0. The molecule has 0 saturated heterocycles. The van der Waals surface area contributed by atoms with Gasteiger partial charge in [-0.2, -0.15) is 0 Å². The van der Waals surface area contributed by atoms with E-state index in [-0.39, 0.29) is 6.42 Å². The molecule has 0 bridgehead atoms. The number of amides is 4. The highest BCUT2D eigenvalue weighted by Gasteiger charge is 2.38.